The van der Waals surface area contributed by atoms with Crippen molar-refractivity contribution in [3.8, 4) is 12.1 Å². The van der Waals surface area contributed by atoms with Crippen molar-refractivity contribution < 1.29 is 9.47 Å². The zero-order chi connectivity index (χ0) is 13.0. The van der Waals surface area contributed by atoms with Gasteiger partial charge in [0.15, 0.2) is 0 Å². The Morgan fingerprint density at radius 1 is 0.882 bits per heavy atom. The van der Waals surface area contributed by atoms with Crippen LogP contribution >= 0.6 is 0 Å². The highest BCUT2D eigenvalue weighted by Gasteiger charge is 2.26. The van der Waals surface area contributed by atoms with Crippen LogP contribution in [0.25, 0.3) is 0 Å². The van der Waals surface area contributed by atoms with Crippen molar-refractivity contribution in [2.24, 2.45) is 5.41 Å². The Morgan fingerprint density at radius 2 is 1.29 bits per heavy atom. The highest BCUT2D eigenvalue weighted by Crippen LogP contribution is 2.27. The normalized spacial score (nSPS) is 10.8. The van der Waals surface area contributed by atoms with Crippen LogP contribution in [0.5, 0.6) is 0 Å². The molecule has 0 aromatic heterocycles. The summed E-state index contributed by atoms with van der Waals surface area (Å²) in [7, 11) is 0. The summed E-state index contributed by atoms with van der Waals surface area (Å²) in [5, 5.41) is 16.9. The summed E-state index contributed by atoms with van der Waals surface area (Å²) < 4.78 is 11.0. The zero-order valence-electron chi connectivity index (χ0n) is 10.9. The first-order valence-electron chi connectivity index (χ1n) is 6.14. The second kappa shape index (κ2) is 10.1. The van der Waals surface area contributed by atoms with Crippen LogP contribution in [-0.4, -0.2) is 26.4 Å². The largest absolute Gasteiger partial charge is 0.380 e. The van der Waals surface area contributed by atoms with Crippen LogP contribution in [0.4, 0.5) is 0 Å². The third-order valence-electron chi connectivity index (χ3n) is 3.03. The lowest BCUT2D eigenvalue weighted by Gasteiger charge is -2.31. The van der Waals surface area contributed by atoms with Crippen LogP contribution in [-0.2, 0) is 9.47 Å². The molecule has 0 aliphatic heterocycles. The summed E-state index contributed by atoms with van der Waals surface area (Å²) in [5.41, 5.74) is 0.0188. The van der Waals surface area contributed by atoms with E-state index in [2.05, 4.69) is 26.0 Å². The van der Waals surface area contributed by atoms with Gasteiger partial charge in [-0.3, -0.25) is 0 Å². The van der Waals surface area contributed by atoms with Gasteiger partial charge >= 0.3 is 0 Å². The maximum Gasteiger partial charge on any atom is 0.0645 e. The first-order chi connectivity index (χ1) is 8.24. The van der Waals surface area contributed by atoms with Gasteiger partial charge in [-0.1, -0.05) is 13.8 Å². The molecule has 0 rings (SSSR count). The molecular weight excluding hydrogens is 216 g/mol. The Balaban J connectivity index is 3.98. The SMILES string of the molecule is CCC(CC)(COCCC#N)COCCC#N. The molecule has 0 aromatic rings. The van der Waals surface area contributed by atoms with E-state index in [9.17, 15) is 0 Å². The first-order valence-corrected chi connectivity index (χ1v) is 6.14. The second-order valence-electron chi connectivity index (χ2n) is 4.13. The van der Waals surface area contributed by atoms with Crippen LogP contribution in [0.3, 0.4) is 0 Å². The maximum absolute atomic E-state index is 8.43. The first kappa shape index (κ1) is 15.9. The van der Waals surface area contributed by atoms with Crippen LogP contribution in [0.2, 0.25) is 0 Å². The summed E-state index contributed by atoms with van der Waals surface area (Å²) in [6.45, 7) is 6.44. The number of ether oxygens (including phenoxy) is 2. The van der Waals surface area contributed by atoms with Crippen molar-refractivity contribution in [1.82, 2.24) is 0 Å². The molecule has 0 saturated heterocycles. The Kier molecular flexibility index (Phi) is 9.43. The lowest BCUT2D eigenvalue weighted by atomic mass is 9.84. The monoisotopic (exact) mass is 238 g/mol. The highest BCUT2D eigenvalue weighted by atomic mass is 16.5. The second-order valence-corrected chi connectivity index (χ2v) is 4.13. The fourth-order valence-corrected chi connectivity index (χ4v) is 1.51. The molecule has 0 spiro atoms. The van der Waals surface area contributed by atoms with Gasteiger partial charge in [0.2, 0.25) is 0 Å². The van der Waals surface area contributed by atoms with Gasteiger partial charge in [0.25, 0.3) is 0 Å². The molecule has 96 valence electrons. The zero-order valence-corrected chi connectivity index (χ0v) is 10.9. The molecule has 0 aliphatic rings. The third kappa shape index (κ3) is 6.94. The van der Waals surface area contributed by atoms with E-state index in [0.717, 1.165) is 12.8 Å². The van der Waals surface area contributed by atoms with Crippen LogP contribution < -0.4 is 0 Å². The molecule has 0 atom stereocenters. The predicted octanol–water partition coefficient (Wildman–Crippen LogP) is 2.65. The molecule has 0 aromatic carbocycles. The van der Waals surface area contributed by atoms with Crippen molar-refractivity contribution in [3.63, 3.8) is 0 Å². The highest BCUT2D eigenvalue weighted by molar-refractivity contribution is 4.77. The Hall–Kier alpha value is -1.10. The summed E-state index contributed by atoms with van der Waals surface area (Å²) in [4.78, 5) is 0. The van der Waals surface area contributed by atoms with Crippen molar-refractivity contribution in [3.05, 3.63) is 0 Å². The Labute approximate surface area is 104 Å². The third-order valence-corrected chi connectivity index (χ3v) is 3.03. The van der Waals surface area contributed by atoms with Gasteiger partial charge < -0.3 is 9.47 Å². The minimum atomic E-state index is 0.0188. The average molecular weight is 238 g/mol. The lowest BCUT2D eigenvalue weighted by molar-refractivity contribution is -0.0249. The fourth-order valence-electron chi connectivity index (χ4n) is 1.51. The smallest absolute Gasteiger partial charge is 0.0645 e. The summed E-state index contributed by atoms with van der Waals surface area (Å²) in [6.07, 6.45) is 2.81. The number of nitriles is 2. The van der Waals surface area contributed by atoms with E-state index in [0.29, 0.717) is 39.3 Å². The van der Waals surface area contributed by atoms with Gasteiger partial charge in [0.1, 0.15) is 0 Å². The molecule has 4 nitrogen and oxygen atoms in total. The van der Waals surface area contributed by atoms with Crippen LogP contribution in [0.1, 0.15) is 39.5 Å². The number of nitrogens with zero attached hydrogens (tertiary/aromatic N) is 2. The minimum absolute atomic E-state index is 0.0188. The van der Waals surface area contributed by atoms with Gasteiger partial charge in [-0.2, -0.15) is 10.5 Å². The molecular formula is C13H22N2O2. The molecule has 4 heteroatoms. The number of rotatable bonds is 10. The molecule has 0 radical (unpaired) electrons. The molecule has 0 saturated carbocycles. The van der Waals surface area contributed by atoms with Gasteiger partial charge in [0.05, 0.1) is 51.4 Å². The molecule has 0 unspecified atom stereocenters. The van der Waals surface area contributed by atoms with Crippen molar-refractivity contribution in [2.45, 2.75) is 39.5 Å². The van der Waals surface area contributed by atoms with E-state index < -0.39 is 0 Å². The quantitative estimate of drug-likeness (QED) is 0.549. The minimum Gasteiger partial charge on any atom is -0.380 e. The van der Waals surface area contributed by atoms with Gasteiger partial charge in [-0.15, -0.1) is 0 Å². The molecule has 0 N–H and O–H groups in total. The van der Waals surface area contributed by atoms with Gasteiger partial charge in [0, 0.05) is 5.41 Å². The fraction of sp³-hybridized carbons (Fsp3) is 0.846. The predicted molar refractivity (Wildman–Crippen MR) is 65.1 cm³/mol. The molecule has 0 amide bonds. The van der Waals surface area contributed by atoms with Crippen LogP contribution in [0, 0.1) is 28.1 Å². The molecule has 0 bridgehead atoms. The van der Waals surface area contributed by atoms with Crippen molar-refractivity contribution in [2.75, 3.05) is 26.4 Å². The summed E-state index contributed by atoms with van der Waals surface area (Å²) in [6, 6.07) is 4.12. The Morgan fingerprint density at radius 3 is 1.59 bits per heavy atom. The molecule has 0 heterocycles. The summed E-state index contributed by atoms with van der Waals surface area (Å²) >= 11 is 0. The van der Waals surface area contributed by atoms with E-state index in [1.54, 1.807) is 0 Å². The van der Waals surface area contributed by atoms with Crippen molar-refractivity contribution in [1.29, 1.82) is 10.5 Å². The standard InChI is InChI=1S/C13H22N2O2/c1-3-13(4-2,11-16-9-5-7-14)12-17-10-6-8-15/h3-6,9-12H2,1-2H3. The van der Waals surface area contributed by atoms with E-state index in [1.165, 1.54) is 0 Å². The van der Waals surface area contributed by atoms with Gasteiger partial charge in [-0.05, 0) is 12.8 Å². The van der Waals surface area contributed by atoms with Gasteiger partial charge in [-0.25, -0.2) is 0 Å². The molecule has 17 heavy (non-hydrogen) atoms. The van der Waals surface area contributed by atoms with E-state index in [4.69, 9.17) is 20.0 Å². The number of hydrogen-bond acceptors (Lipinski definition) is 4. The van der Waals surface area contributed by atoms with E-state index in [-0.39, 0.29) is 5.41 Å². The average Bonchev–Trinajstić information content (AvgIpc) is 2.37. The summed E-state index contributed by atoms with van der Waals surface area (Å²) in [5.74, 6) is 0. The lowest BCUT2D eigenvalue weighted by Crippen LogP contribution is -2.31. The van der Waals surface area contributed by atoms with E-state index in [1.807, 2.05) is 0 Å². The molecule has 0 fully saturated rings. The molecule has 0 aliphatic carbocycles. The number of hydrogen-bond donors (Lipinski definition) is 0. The maximum atomic E-state index is 8.43. The van der Waals surface area contributed by atoms with Crippen LogP contribution in [0.15, 0.2) is 0 Å². The topological polar surface area (TPSA) is 66.0 Å². The van der Waals surface area contributed by atoms with E-state index >= 15 is 0 Å². The van der Waals surface area contributed by atoms with Crippen molar-refractivity contribution >= 4 is 0 Å². The Bertz CT molecular complexity index is 238.